The van der Waals surface area contributed by atoms with E-state index in [0.29, 0.717) is 29.4 Å². The van der Waals surface area contributed by atoms with Gasteiger partial charge in [-0.15, -0.1) is 0 Å². The van der Waals surface area contributed by atoms with E-state index in [0.717, 1.165) is 12.1 Å². The summed E-state index contributed by atoms with van der Waals surface area (Å²) in [6, 6.07) is 26.4. The SMILES string of the molecule is O=C(Nc1cccc(C(F)(F)F)c1)c1ccc(NC(=O)c2ccccc2OCCOc2ccccc2)cc1. The topological polar surface area (TPSA) is 76.7 Å². The van der Waals surface area contributed by atoms with Crippen LogP contribution in [0.4, 0.5) is 24.5 Å². The molecule has 194 valence electrons. The van der Waals surface area contributed by atoms with E-state index < -0.39 is 23.6 Å². The molecule has 4 aromatic carbocycles. The van der Waals surface area contributed by atoms with E-state index >= 15 is 0 Å². The Hall–Kier alpha value is -4.79. The number of nitrogens with one attached hydrogen (secondary N) is 2. The molecule has 0 spiro atoms. The monoisotopic (exact) mass is 520 g/mol. The molecule has 2 N–H and O–H groups in total. The van der Waals surface area contributed by atoms with Crippen LogP contribution in [0.1, 0.15) is 26.3 Å². The molecule has 0 aliphatic rings. The quantitative estimate of drug-likeness (QED) is 0.242. The highest BCUT2D eigenvalue weighted by molar-refractivity contribution is 6.07. The number of benzene rings is 4. The summed E-state index contributed by atoms with van der Waals surface area (Å²) >= 11 is 0. The molecule has 0 aliphatic heterocycles. The Balaban J connectivity index is 1.34. The Morgan fingerprint density at radius 3 is 2.05 bits per heavy atom. The van der Waals surface area contributed by atoms with Crippen LogP contribution in [-0.4, -0.2) is 25.0 Å². The van der Waals surface area contributed by atoms with Crippen molar-refractivity contribution >= 4 is 23.2 Å². The number of amides is 2. The largest absolute Gasteiger partial charge is 0.490 e. The molecule has 0 atom stereocenters. The molecule has 0 aromatic heterocycles. The number of carbonyl (C=O) groups excluding carboxylic acids is 2. The van der Waals surface area contributed by atoms with Crippen molar-refractivity contribution in [1.82, 2.24) is 0 Å². The number of para-hydroxylation sites is 2. The van der Waals surface area contributed by atoms with Crippen LogP contribution in [-0.2, 0) is 6.18 Å². The van der Waals surface area contributed by atoms with Gasteiger partial charge in [0.15, 0.2) is 0 Å². The van der Waals surface area contributed by atoms with Gasteiger partial charge in [0.1, 0.15) is 24.7 Å². The van der Waals surface area contributed by atoms with Gasteiger partial charge in [0.25, 0.3) is 11.8 Å². The zero-order chi connectivity index (χ0) is 27.0. The number of ether oxygens (including phenoxy) is 2. The van der Waals surface area contributed by atoms with E-state index in [1.807, 2.05) is 30.3 Å². The normalized spacial score (nSPS) is 10.9. The smallest absolute Gasteiger partial charge is 0.416 e. The molecule has 0 saturated heterocycles. The summed E-state index contributed by atoms with van der Waals surface area (Å²) in [4.78, 5) is 25.4. The van der Waals surface area contributed by atoms with Crippen LogP contribution < -0.4 is 20.1 Å². The van der Waals surface area contributed by atoms with Crippen molar-refractivity contribution in [3.8, 4) is 11.5 Å². The molecule has 2 amide bonds. The van der Waals surface area contributed by atoms with Crippen molar-refractivity contribution < 1.29 is 32.2 Å². The van der Waals surface area contributed by atoms with Crippen molar-refractivity contribution in [3.05, 3.63) is 120 Å². The van der Waals surface area contributed by atoms with E-state index in [9.17, 15) is 22.8 Å². The average Bonchev–Trinajstić information content (AvgIpc) is 2.92. The van der Waals surface area contributed by atoms with Crippen LogP contribution in [0.3, 0.4) is 0 Å². The van der Waals surface area contributed by atoms with E-state index in [1.165, 1.54) is 36.4 Å². The average molecular weight is 521 g/mol. The molecule has 0 radical (unpaired) electrons. The predicted molar refractivity (Wildman–Crippen MR) is 138 cm³/mol. The summed E-state index contributed by atoms with van der Waals surface area (Å²) in [5, 5.41) is 5.19. The first-order valence-corrected chi connectivity index (χ1v) is 11.6. The lowest BCUT2D eigenvalue weighted by Gasteiger charge is -2.13. The van der Waals surface area contributed by atoms with Gasteiger partial charge in [0.2, 0.25) is 0 Å². The van der Waals surface area contributed by atoms with Gasteiger partial charge >= 0.3 is 6.18 Å². The maximum atomic E-state index is 12.9. The highest BCUT2D eigenvalue weighted by Gasteiger charge is 2.30. The van der Waals surface area contributed by atoms with Crippen molar-refractivity contribution in [1.29, 1.82) is 0 Å². The lowest BCUT2D eigenvalue weighted by atomic mass is 10.1. The predicted octanol–water partition coefficient (Wildman–Crippen LogP) is 6.67. The van der Waals surface area contributed by atoms with Crippen molar-refractivity contribution in [2.45, 2.75) is 6.18 Å². The van der Waals surface area contributed by atoms with Crippen LogP contribution in [0.2, 0.25) is 0 Å². The van der Waals surface area contributed by atoms with Crippen molar-refractivity contribution in [2.24, 2.45) is 0 Å². The third kappa shape index (κ3) is 7.13. The molecule has 0 bridgehead atoms. The highest BCUT2D eigenvalue weighted by Crippen LogP contribution is 2.30. The third-order valence-electron chi connectivity index (χ3n) is 5.34. The molecule has 0 aliphatic carbocycles. The van der Waals surface area contributed by atoms with Crippen LogP contribution in [0.25, 0.3) is 0 Å². The van der Waals surface area contributed by atoms with Crippen LogP contribution in [0, 0.1) is 0 Å². The van der Waals surface area contributed by atoms with Gasteiger partial charge in [-0.2, -0.15) is 13.2 Å². The minimum Gasteiger partial charge on any atom is -0.490 e. The second kappa shape index (κ2) is 12.0. The summed E-state index contributed by atoms with van der Waals surface area (Å²) < 4.78 is 50.1. The van der Waals surface area contributed by atoms with E-state index in [4.69, 9.17) is 9.47 Å². The summed E-state index contributed by atoms with van der Waals surface area (Å²) in [6.07, 6.45) is -4.51. The molecule has 0 fully saturated rings. The summed E-state index contributed by atoms with van der Waals surface area (Å²) in [5.41, 5.74) is 0.114. The number of carbonyl (C=O) groups is 2. The van der Waals surface area contributed by atoms with Gasteiger partial charge in [-0.1, -0.05) is 36.4 Å². The number of alkyl halides is 3. The summed E-state index contributed by atoms with van der Waals surface area (Å²) in [5.74, 6) is 0.109. The van der Waals surface area contributed by atoms with Crippen molar-refractivity contribution in [3.63, 3.8) is 0 Å². The molecule has 38 heavy (non-hydrogen) atoms. The fourth-order valence-corrected chi connectivity index (χ4v) is 3.49. The molecule has 9 heteroatoms. The van der Waals surface area contributed by atoms with Crippen LogP contribution in [0.5, 0.6) is 11.5 Å². The lowest BCUT2D eigenvalue weighted by Crippen LogP contribution is -2.16. The second-order valence-corrected chi connectivity index (χ2v) is 8.07. The Kier molecular flexibility index (Phi) is 8.27. The fraction of sp³-hybridized carbons (Fsp3) is 0.103. The molecule has 4 aromatic rings. The van der Waals surface area contributed by atoms with E-state index in [1.54, 1.807) is 24.3 Å². The summed E-state index contributed by atoms with van der Waals surface area (Å²) in [6.45, 7) is 0.527. The second-order valence-electron chi connectivity index (χ2n) is 8.07. The van der Waals surface area contributed by atoms with E-state index in [2.05, 4.69) is 10.6 Å². The van der Waals surface area contributed by atoms with Gasteiger partial charge in [-0.25, -0.2) is 0 Å². The Morgan fingerprint density at radius 2 is 1.32 bits per heavy atom. The van der Waals surface area contributed by atoms with Gasteiger partial charge < -0.3 is 20.1 Å². The van der Waals surface area contributed by atoms with Gasteiger partial charge in [0, 0.05) is 16.9 Å². The Morgan fingerprint density at radius 1 is 0.658 bits per heavy atom. The molecular weight excluding hydrogens is 497 g/mol. The van der Waals surface area contributed by atoms with Crippen LogP contribution in [0.15, 0.2) is 103 Å². The van der Waals surface area contributed by atoms with Crippen LogP contribution >= 0.6 is 0 Å². The fourth-order valence-electron chi connectivity index (χ4n) is 3.49. The van der Waals surface area contributed by atoms with Gasteiger partial charge in [-0.3, -0.25) is 9.59 Å². The number of halogens is 3. The molecular formula is C29H23F3N2O4. The zero-order valence-corrected chi connectivity index (χ0v) is 20.0. The number of rotatable bonds is 9. The van der Waals surface area contributed by atoms with Gasteiger partial charge in [0.05, 0.1) is 11.1 Å². The Labute approximate surface area is 217 Å². The first-order chi connectivity index (χ1) is 18.3. The maximum Gasteiger partial charge on any atom is 0.416 e. The third-order valence-corrected chi connectivity index (χ3v) is 5.34. The maximum absolute atomic E-state index is 12.9. The first-order valence-electron chi connectivity index (χ1n) is 11.6. The van der Waals surface area contributed by atoms with Crippen molar-refractivity contribution in [2.75, 3.05) is 23.8 Å². The lowest BCUT2D eigenvalue weighted by molar-refractivity contribution is -0.137. The number of hydrogen-bond donors (Lipinski definition) is 2. The molecule has 4 rings (SSSR count). The molecule has 0 heterocycles. The zero-order valence-electron chi connectivity index (χ0n) is 20.0. The van der Waals surface area contributed by atoms with Gasteiger partial charge in [-0.05, 0) is 66.7 Å². The molecule has 0 unspecified atom stereocenters. The summed E-state index contributed by atoms with van der Waals surface area (Å²) in [7, 11) is 0. The minimum absolute atomic E-state index is 0.0213. The molecule has 0 saturated carbocycles. The Bertz CT molecular complexity index is 1390. The number of hydrogen-bond acceptors (Lipinski definition) is 4. The number of anilines is 2. The first kappa shape index (κ1) is 26.3. The highest BCUT2D eigenvalue weighted by atomic mass is 19.4. The molecule has 6 nitrogen and oxygen atoms in total. The van der Waals surface area contributed by atoms with E-state index in [-0.39, 0.29) is 17.9 Å². The minimum atomic E-state index is -4.51. The standard InChI is InChI=1S/C29H23F3N2O4/c30-29(31,32)21-7-6-8-23(19-21)34-27(35)20-13-15-22(16-14-20)33-28(36)25-11-4-5-12-26(25)38-18-17-37-24-9-2-1-3-10-24/h1-16,19H,17-18H2,(H,33,36)(H,34,35).